The fraction of sp³-hybridized carbons (Fsp3) is 0.562. The second kappa shape index (κ2) is 7.07. The molecule has 5 nitrogen and oxygen atoms in total. The van der Waals surface area contributed by atoms with Gasteiger partial charge in [-0.05, 0) is 43.7 Å². The topological polar surface area (TPSA) is 86.0 Å². The zero-order chi connectivity index (χ0) is 15.2. The van der Waals surface area contributed by atoms with E-state index in [0.717, 1.165) is 49.8 Å². The highest BCUT2D eigenvalue weighted by Gasteiger charge is 2.18. The van der Waals surface area contributed by atoms with Crippen LogP contribution in [0.3, 0.4) is 0 Å². The van der Waals surface area contributed by atoms with Gasteiger partial charge in [0, 0.05) is 11.7 Å². The molecule has 1 aromatic heterocycles. The number of hydrogen-bond acceptors (Lipinski definition) is 4. The molecule has 0 radical (unpaired) electrons. The van der Waals surface area contributed by atoms with Gasteiger partial charge in [0.2, 0.25) is 0 Å². The number of carbonyl (C=O) groups is 1. The zero-order valence-corrected chi connectivity index (χ0v) is 12.4. The Kier molecular flexibility index (Phi) is 5.15. The number of aryl methyl sites for hydroxylation is 2. The van der Waals surface area contributed by atoms with Crippen molar-refractivity contribution in [1.82, 2.24) is 4.98 Å². The summed E-state index contributed by atoms with van der Waals surface area (Å²) >= 11 is 0. The molecule has 1 aliphatic carbocycles. The van der Waals surface area contributed by atoms with Crippen molar-refractivity contribution in [3.8, 4) is 6.07 Å². The number of nitrogens with zero attached hydrogens (tertiary/aromatic N) is 2. The van der Waals surface area contributed by atoms with Crippen molar-refractivity contribution in [3.63, 3.8) is 0 Å². The molecule has 0 saturated carbocycles. The summed E-state index contributed by atoms with van der Waals surface area (Å²) in [7, 11) is 0. The second-order valence-electron chi connectivity index (χ2n) is 5.54. The number of anilines is 1. The monoisotopic (exact) mass is 287 g/mol. The third-order valence-corrected chi connectivity index (χ3v) is 3.82. The van der Waals surface area contributed by atoms with Gasteiger partial charge in [-0.25, -0.2) is 4.98 Å². The highest BCUT2D eigenvalue weighted by Crippen LogP contribution is 2.25. The number of nitrogens with one attached hydrogen (secondary N) is 1. The van der Waals surface area contributed by atoms with Crippen molar-refractivity contribution in [2.45, 2.75) is 57.9 Å². The Morgan fingerprint density at radius 2 is 2.29 bits per heavy atom. The molecule has 2 rings (SSSR count). The lowest BCUT2D eigenvalue weighted by Crippen LogP contribution is -2.24. The normalized spacial score (nSPS) is 14.9. The third-order valence-electron chi connectivity index (χ3n) is 3.82. The molecule has 1 unspecified atom stereocenters. The average Bonchev–Trinajstić information content (AvgIpc) is 2.46. The highest BCUT2D eigenvalue weighted by molar-refractivity contribution is 5.68. The Morgan fingerprint density at radius 1 is 1.52 bits per heavy atom. The lowest BCUT2D eigenvalue weighted by atomic mass is 9.95. The van der Waals surface area contributed by atoms with Gasteiger partial charge >= 0.3 is 5.97 Å². The number of carboxylic acids is 1. The molecule has 0 aromatic carbocycles. The van der Waals surface area contributed by atoms with Crippen LogP contribution < -0.4 is 5.32 Å². The van der Waals surface area contributed by atoms with E-state index in [4.69, 9.17) is 5.11 Å². The first kappa shape index (κ1) is 15.3. The van der Waals surface area contributed by atoms with E-state index < -0.39 is 5.97 Å². The molecular formula is C16H21N3O2. The number of aromatic nitrogens is 1. The Balaban J connectivity index is 2.24. The molecule has 5 heteroatoms. The standard InChI is InChI=1S/C16H21N3O2/c1-2-5-13(9-15(20)21)18-16-12(10-17)8-11-6-3-4-7-14(11)19-16/h8,13H,2-7,9H2,1H3,(H,18,19)(H,20,21). The summed E-state index contributed by atoms with van der Waals surface area (Å²) in [6.45, 7) is 2.02. The minimum Gasteiger partial charge on any atom is -0.481 e. The number of pyridine rings is 1. The molecule has 1 atom stereocenters. The van der Waals surface area contributed by atoms with Crippen LogP contribution in [0.5, 0.6) is 0 Å². The smallest absolute Gasteiger partial charge is 0.305 e. The van der Waals surface area contributed by atoms with Gasteiger partial charge in [0.1, 0.15) is 11.9 Å². The fourth-order valence-electron chi connectivity index (χ4n) is 2.81. The number of carboxylic acid groups (broad SMARTS) is 1. The van der Waals surface area contributed by atoms with E-state index in [-0.39, 0.29) is 12.5 Å². The molecule has 0 bridgehead atoms. The van der Waals surface area contributed by atoms with E-state index in [1.54, 1.807) is 0 Å². The predicted molar refractivity (Wildman–Crippen MR) is 80.2 cm³/mol. The Morgan fingerprint density at radius 3 is 2.95 bits per heavy atom. The number of rotatable bonds is 6. The van der Waals surface area contributed by atoms with Gasteiger partial charge < -0.3 is 10.4 Å². The second-order valence-corrected chi connectivity index (χ2v) is 5.54. The molecule has 0 fully saturated rings. The predicted octanol–water partition coefficient (Wildman–Crippen LogP) is 2.89. The van der Waals surface area contributed by atoms with Crippen LogP contribution in [0.25, 0.3) is 0 Å². The zero-order valence-electron chi connectivity index (χ0n) is 12.4. The van der Waals surface area contributed by atoms with Gasteiger partial charge in [-0.2, -0.15) is 5.26 Å². The van der Waals surface area contributed by atoms with Crippen molar-refractivity contribution in [3.05, 3.63) is 22.9 Å². The van der Waals surface area contributed by atoms with E-state index in [2.05, 4.69) is 16.4 Å². The summed E-state index contributed by atoms with van der Waals surface area (Å²) in [6, 6.07) is 3.90. The summed E-state index contributed by atoms with van der Waals surface area (Å²) in [4.78, 5) is 15.5. The van der Waals surface area contributed by atoms with Crippen molar-refractivity contribution in [1.29, 1.82) is 5.26 Å². The molecule has 0 amide bonds. The van der Waals surface area contributed by atoms with Crippen LogP contribution in [0, 0.1) is 11.3 Å². The van der Waals surface area contributed by atoms with E-state index >= 15 is 0 Å². The Bertz CT molecular complexity index is 563. The molecule has 2 N–H and O–H groups in total. The molecular weight excluding hydrogens is 266 g/mol. The minimum atomic E-state index is -0.836. The average molecular weight is 287 g/mol. The summed E-state index contributed by atoms with van der Waals surface area (Å²) in [5, 5.41) is 21.4. The highest BCUT2D eigenvalue weighted by atomic mass is 16.4. The quantitative estimate of drug-likeness (QED) is 0.840. The van der Waals surface area contributed by atoms with E-state index in [1.807, 2.05) is 13.0 Å². The van der Waals surface area contributed by atoms with E-state index in [1.165, 1.54) is 0 Å². The Hall–Kier alpha value is -2.09. The van der Waals surface area contributed by atoms with Crippen LogP contribution in [0.2, 0.25) is 0 Å². The molecule has 1 heterocycles. The van der Waals surface area contributed by atoms with Gasteiger partial charge in [0.25, 0.3) is 0 Å². The molecule has 1 aliphatic rings. The first-order chi connectivity index (χ1) is 10.1. The maximum absolute atomic E-state index is 10.9. The Labute approximate surface area is 125 Å². The van der Waals surface area contributed by atoms with Crippen LogP contribution in [-0.2, 0) is 17.6 Å². The molecule has 0 spiro atoms. The number of nitriles is 1. The summed E-state index contributed by atoms with van der Waals surface area (Å²) in [5.41, 5.74) is 2.73. The van der Waals surface area contributed by atoms with Crippen molar-refractivity contribution in [2.75, 3.05) is 5.32 Å². The largest absolute Gasteiger partial charge is 0.481 e. The third kappa shape index (κ3) is 3.94. The van der Waals surface area contributed by atoms with E-state index in [0.29, 0.717) is 11.4 Å². The van der Waals surface area contributed by atoms with Gasteiger partial charge in [-0.1, -0.05) is 13.3 Å². The van der Waals surface area contributed by atoms with Gasteiger partial charge in [0.15, 0.2) is 0 Å². The van der Waals surface area contributed by atoms with Gasteiger partial charge in [-0.15, -0.1) is 0 Å². The van der Waals surface area contributed by atoms with Crippen molar-refractivity contribution >= 4 is 11.8 Å². The molecule has 21 heavy (non-hydrogen) atoms. The number of fused-ring (bicyclic) bond motifs is 1. The number of hydrogen-bond donors (Lipinski definition) is 2. The molecule has 0 aliphatic heterocycles. The van der Waals surface area contributed by atoms with Crippen LogP contribution in [0.15, 0.2) is 6.07 Å². The van der Waals surface area contributed by atoms with Crippen molar-refractivity contribution in [2.24, 2.45) is 0 Å². The van der Waals surface area contributed by atoms with Gasteiger partial charge in [-0.3, -0.25) is 4.79 Å². The van der Waals surface area contributed by atoms with Gasteiger partial charge in [0.05, 0.1) is 12.0 Å². The number of aliphatic carboxylic acids is 1. The fourth-order valence-corrected chi connectivity index (χ4v) is 2.81. The first-order valence-corrected chi connectivity index (χ1v) is 7.55. The van der Waals surface area contributed by atoms with Crippen LogP contribution in [0.1, 0.15) is 55.8 Å². The lowest BCUT2D eigenvalue weighted by molar-refractivity contribution is -0.137. The molecule has 1 aromatic rings. The summed E-state index contributed by atoms with van der Waals surface area (Å²) in [6.07, 6.45) is 5.85. The van der Waals surface area contributed by atoms with Crippen molar-refractivity contribution < 1.29 is 9.90 Å². The summed E-state index contributed by atoms with van der Waals surface area (Å²) < 4.78 is 0. The van der Waals surface area contributed by atoms with Crippen LogP contribution in [0.4, 0.5) is 5.82 Å². The first-order valence-electron chi connectivity index (χ1n) is 7.55. The van der Waals surface area contributed by atoms with Crippen LogP contribution >= 0.6 is 0 Å². The van der Waals surface area contributed by atoms with Crippen LogP contribution in [-0.4, -0.2) is 22.1 Å². The maximum atomic E-state index is 10.9. The minimum absolute atomic E-state index is 0.0392. The lowest BCUT2D eigenvalue weighted by Gasteiger charge is -2.21. The molecule has 0 saturated heterocycles. The summed E-state index contributed by atoms with van der Waals surface area (Å²) in [5.74, 6) is -0.296. The SMILES string of the molecule is CCCC(CC(=O)O)Nc1nc2c(cc1C#N)CCCC2. The maximum Gasteiger partial charge on any atom is 0.305 e. The molecule has 112 valence electrons. The van der Waals surface area contributed by atoms with E-state index in [9.17, 15) is 10.1 Å².